The maximum atomic E-state index is 5.83. The van der Waals surface area contributed by atoms with Crippen LogP contribution >= 0.6 is 0 Å². The Morgan fingerprint density at radius 1 is 0.590 bits per heavy atom. The van der Waals surface area contributed by atoms with Gasteiger partial charge in [0.1, 0.15) is 11.5 Å². The van der Waals surface area contributed by atoms with E-state index < -0.39 is 0 Å². The average Bonchev–Trinajstić information content (AvgIpc) is 3.00. The molecule has 2 aromatic carbocycles. The molecular weight excluding hydrogens is 484 g/mol. The Balaban J connectivity index is 1.08. The second-order valence-electron chi connectivity index (χ2n) is 9.32. The number of hydrogen-bond donors (Lipinski definition) is 0. The van der Waals surface area contributed by atoms with Crippen molar-refractivity contribution in [1.82, 2.24) is 9.97 Å². The molecule has 6 nitrogen and oxygen atoms in total. The molecule has 0 bridgehead atoms. The summed E-state index contributed by atoms with van der Waals surface area (Å²) in [6.45, 7) is 5.45. The Kier molecular flexibility index (Phi) is 10.8. The van der Waals surface area contributed by atoms with E-state index in [0.29, 0.717) is 13.2 Å². The minimum atomic E-state index is 0.0945. The Labute approximate surface area is 231 Å². The third kappa shape index (κ3) is 9.49. The van der Waals surface area contributed by atoms with Gasteiger partial charge >= 0.3 is 0 Å². The first-order chi connectivity index (χ1) is 19.2. The van der Waals surface area contributed by atoms with Gasteiger partial charge in [0.15, 0.2) is 0 Å². The molecule has 2 unspecified atom stereocenters. The minimum Gasteiger partial charge on any atom is -0.492 e. The van der Waals surface area contributed by atoms with Crippen molar-refractivity contribution in [1.29, 1.82) is 0 Å². The Bertz CT molecular complexity index is 1190. The van der Waals surface area contributed by atoms with Gasteiger partial charge in [0.05, 0.1) is 49.1 Å². The summed E-state index contributed by atoms with van der Waals surface area (Å²) in [5, 5.41) is 0. The fourth-order valence-corrected chi connectivity index (χ4v) is 3.88. The molecular formula is C33H36N4O2. The predicted molar refractivity (Wildman–Crippen MR) is 158 cm³/mol. The summed E-state index contributed by atoms with van der Waals surface area (Å²) < 4.78 is 11.7. The van der Waals surface area contributed by atoms with Crippen LogP contribution < -0.4 is 9.47 Å². The topological polar surface area (TPSA) is 69.0 Å². The summed E-state index contributed by atoms with van der Waals surface area (Å²) in [6, 6.07) is 28.4. The first-order valence-electron chi connectivity index (χ1n) is 13.5. The molecule has 0 fully saturated rings. The highest BCUT2D eigenvalue weighted by molar-refractivity contribution is 5.77. The number of rotatable bonds is 14. The third-order valence-electron chi connectivity index (χ3n) is 6.27. The summed E-state index contributed by atoms with van der Waals surface area (Å²) >= 11 is 0. The summed E-state index contributed by atoms with van der Waals surface area (Å²) in [4.78, 5) is 18.1. The molecule has 0 amide bonds. The van der Waals surface area contributed by atoms with Crippen LogP contribution in [0.3, 0.4) is 0 Å². The molecule has 0 saturated carbocycles. The zero-order chi connectivity index (χ0) is 27.1. The van der Waals surface area contributed by atoms with E-state index in [0.717, 1.165) is 42.1 Å². The van der Waals surface area contributed by atoms with Crippen LogP contribution in [0.5, 0.6) is 11.5 Å². The van der Waals surface area contributed by atoms with E-state index in [1.165, 1.54) is 11.1 Å². The molecule has 39 heavy (non-hydrogen) atoms. The van der Waals surface area contributed by atoms with Crippen molar-refractivity contribution in [3.63, 3.8) is 0 Å². The van der Waals surface area contributed by atoms with Crippen LogP contribution in [0.2, 0.25) is 0 Å². The van der Waals surface area contributed by atoms with Crippen molar-refractivity contribution in [3.8, 4) is 11.5 Å². The van der Waals surface area contributed by atoms with Crippen LogP contribution in [0.15, 0.2) is 107 Å². The number of hydrogen-bond acceptors (Lipinski definition) is 6. The highest BCUT2D eigenvalue weighted by atomic mass is 16.5. The molecule has 2 atom stereocenters. The lowest BCUT2D eigenvalue weighted by molar-refractivity contribution is 0.278. The van der Waals surface area contributed by atoms with Crippen LogP contribution in [-0.2, 0) is 0 Å². The smallest absolute Gasteiger partial charge is 0.137 e. The summed E-state index contributed by atoms with van der Waals surface area (Å²) in [7, 11) is 0. The monoisotopic (exact) mass is 520 g/mol. The number of aliphatic imine (C=N–C) groups is 2. The molecule has 200 valence electrons. The van der Waals surface area contributed by atoms with Gasteiger partial charge in [-0.2, -0.15) is 0 Å². The molecule has 2 aromatic heterocycles. The van der Waals surface area contributed by atoms with E-state index in [2.05, 4.69) is 58.1 Å². The van der Waals surface area contributed by atoms with Crippen molar-refractivity contribution in [3.05, 3.63) is 120 Å². The van der Waals surface area contributed by atoms with E-state index in [4.69, 9.17) is 9.47 Å². The molecule has 0 aliphatic carbocycles. The van der Waals surface area contributed by atoms with Crippen LogP contribution in [0, 0.1) is 0 Å². The van der Waals surface area contributed by atoms with E-state index in [9.17, 15) is 0 Å². The molecule has 2 heterocycles. The lowest BCUT2D eigenvalue weighted by Crippen LogP contribution is -2.02. The van der Waals surface area contributed by atoms with Crippen LogP contribution in [0.1, 0.15) is 67.7 Å². The SMILES string of the molecule is CC(N=Cc1ccc(OCCCCCOc2ccc(C=NC(C)c3ccccc3)nc2)cn1)c1ccccc1. The van der Waals surface area contributed by atoms with Gasteiger partial charge in [-0.25, -0.2) is 0 Å². The van der Waals surface area contributed by atoms with Crippen molar-refractivity contribution in [2.75, 3.05) is 13.2 Å². The van der Waals surface area contributed by atoms with E-state index in [1.54, 1.807) is 12.4 Å². The van der Waals surface area contributed by atoms with E-state index in [1.807, 2.05) is 73.1 Å². The molecule has 0 radical (unpaired) electrons. The van der Waals surface area contributed by atoms with Crippen molar-refractivity contribution < 1.29 is 9.47 Å². The summed E-state index contributed by atoms with van der Waals surface area (Å²) in [5.74, 6) is 1.54. The van der Waals surface area contributed by atoms with Crippen LogP contribution in [-0.4, -0.2) is 35.6 Å². The highest BCUT2D eigenvalue weighted by Crippen LogP contribution is 2.17. The van der Waals surface area contributed by atoms with Gasteiger partial charge in [0, 0.05) is 12.4 Å². The molecule has 4 rings (SSSR count). The van der Waals surface area contributed by atoms with Crippen LogP contribution in [0.4, 0.5) is 0 Å². The molecule has 0 saturated heterocycles. The lowest BCUT2D eigenvalue weighted by Gasteiger charge is -2.08. The maximum absolute atomic E-state index is 5.83. The zero-order valence-electron chi connectivity index (χ0n) is 22.7. The molecule has 4 aromatic rings. The normalized spacial score (nSPS) is 13.0. The zero-order valence-corrected chi connectivity index (χ0v) is 22.7. The summed E-state index contributed by atoms with van der Waals surface area (Å²) in [6.07, 6.45) is 10.0. The van der Waals surface area contributed by atoms with Crippen molar-refractivity contribution >= 4 is 12.4 Å². The van der Waals surface area contributed by atoms with Gasteiger partial charge in [0.25, 0.3) is 0 Å². The van der Waals surface area contributed by atoms with Gasteiger partial charge < -0.3 is 9.47 Å². The van der Waals surface area contributed by atoms with Gasteiger partial charge in [-0.3, -0.25) is 20.0 Å². The van der Waals surface area contributed by atoms with Crippen molar-refractivity contribution in [2.24, 2.45) is 9.98 Å². The standard InChI is InChI=1S/C33H36N4O2/c1-26(28-12-6-3-7-13-28)34-22-30-16-18-32(24-36-30)38-20-10-5-11-21-39-33-19-17-31(37-25-33)23-35-27(2)29-14-8-4-9-15-29/h3-4,6-9,12-19,22-27H,5,10-11,20-21H2,1-2H3. The number of pyridine rings is 2. The fourth-order valence-electron chi connectivity index (χ4n) is 3.88. The number of aromatic nitrogens is 2. The van der Waals surface area contributed by atoms with E-state index in [-0.39, 0.29) is 12.1 Å². The molecule has 6 heteroatoms. The largest absolute Gasteiger partial charge is 0.492 e. The average molecular weight is 521 g/mol. The quantitative estimate of drug-likeness (QED) is 0.128. The first kappa shape index (κ1) is 27.7. The Morgan fingerprint density at radius 3 is 1.41 bits per heavy atom. The Morgan fingerprint density at radius 2 is 1.03 bits per heavy atom. The number of benzene rings is 2. The highest BCUT2D eigenvalue weighted by Gasteiger charge is 2.03. The van der Waals surface area contributed by atoms with Gasteiger partial charge in [-0.05, 0) is 68.5 Å². The first-order valence-corrected chi connectivity index (χ1v) is 13.5. The predicted octanol–water partition coefficient (Wildman–Crippen LogP) is 7.46. The second kappa shape index (κ2) is 15.2. The van der Waals surface area contributed by atoms with Crippen molar-refractivity contribution in [2.45, 2.75) is 45.2 Å². The van der Waals surface area contributed by atoms with Gasteiger partial charge in [-0.15, -0.1) is 0 Å². The summed E-state index contributed by atoms with van der Waals surface area (Å²) in [5.41, 5.74) is 4.00. The fraction of sp³-hybridized carbons (Fsp3) is 0.273. The minimum absolute atomic E-state index is 0.0945. The molecule has 0 N–H and O–H groups in total. The molecule has 0 spiro atoms. The number of unbranched alkanes of at least 4 members (excludes halogenated alkanes) is 2. The maximum Gasteiger partial charge on any atom is 0.137 e. The van der Waals surface area contributed by atoms with Gasteiger partial charge in [0.2, 0.25) is 0 Å². The lowest BCUT2D eigenvalue weighted by atomic mass is 10.1. The molecule has 0 aliphatic rings. The molecule has 0 aliphatic heterocycles. The Hall–Kier alpha value is -4.32. The third-order valence-corrected chi connectivity index (χ3v) is 6.27. The van der Waals surface area contributed by atoms with E-state index >= 15 is 0 Å². The van der Waals surface area contributed by atoms with Gasteiger partial charge in [-0.1, -0.05) is 60.7 Å². The second-order valence-corrected chi connectivity index (χ2v) is 9.32. The van der Waals surface area contributed by atoms with Crippen LogP contribution in [0.25, 0.3) is 0 Å². The number of ether oxygens (including phenoxy) is 2. The number of nitrogens with zero attached hydrogens (tertiary/aromatic N) is 4.